The Kier molecular flexibility index (Phi) is 3.30. The molecule has 66 valence electrons. The number of aliphatic hydroxyl groups is 1. The quantitative estimate of drug-likeness (QED) is 0.648. The molecule has 3 nitrogen and oxygen atoms in total. The molecule has 0 aromatic carbocycles. The Balaban J connectivity index is 2.37. The maximum absolute atomic E-state index is 8.81. The lowest BCUT2D eigenvalue weighted by molar-refractivity contribution is -0.212. The second-order valence-electron chi connectivity index (χ2n) is 3.10. The van der Waals surface area contributed by atoms with Crippen LogP contribution < -0.4 is 0 Å². The van der Waals surface area contributed by atoms with Crippen LogP contribution in [0.25, 0.3) is 0 Å². The fourth-order valence-electron chi connectivity index (χ4n) is 1.40. The van der Waals surface area contributed by atoms with E-state index in [9.17, 15) is 0 Å². The highest BCUT2D eigenvalue weighted by atomic mass is 16.7. The van der Waals surface area contributed by atoms with E-state index in [0.29, 0.717) is 5.92 Å². The lowest BCUT2D eigenvalue weighted by Crippen LogP contribution is -2.36. The predicted octanol–water partition coefficient (Wildman–Crippen LogP) is 0.766. The van der Waals surface area contributed by atoms with Gasteiger partial charge in [-0.2, -0.15) is 0 Å². The molecule has 0 amide bonds. The SMILES string of the molecule is COC1OC(CO)CCC1C. The molecule has 1 N–H and O–H groups in total. The molecule has 1 rings (SSSR count). The van der Waals surface area contributed by atoms with Crippen molar-refractivity contribution in [3.63, 3.8) is 0 Å². The summed E-state index contributed by atoms with van der Waals surface area (Å²) < 4.78 is 10.5. The zero-order chi connectivity index (χ0) is 8.27. The van der Waals surface area contributed by atoms with Gasteiger partial charge in [0.15, 0.2) is 6.29 Å². The van der Waals surface area contributed by atoms with Gasteiger partial charge in [0, 0.05) is 13.0 Å². The molecule has 1 fully saturated rings. The van der Waals surface area contributed by atoms with Crippen molar-refractivity contribution in [1.29, 1.82) is 0 Å². The molecule has 3 unspecified atom stereocenters. The summed E-state index contributed by atoms with van der Waals surface area (Å²) in [6.07, 6.45) is 1.87. The molecule has 1 saturated heterocycles. The molecule has 0 aliphatic carbocycles. The average Bonchev–Trinajstić information content (AvgIpc) is 2.05. The second-order valence-corrected chi connectivity index (χ2v) is 3.10. The van der Waals surface area contributed by atoms with Crippen molar-refractivity contribution >= 4 is 0 Å². The van der Waals surface area contributed by atoms with Gasteiger partial charge in [0.2, 0.25) is 0 Å². The van der Waals surface area contributed by atoms with Crippen molar-refractivity contribution in [2.24, 2.45) is 5.92 Å². The fourth-order valence-corrected chi connectivity index (χ4v) is 1.40. The zero-order valence-corrected chi connectivity index (χ0v) is 7.12. The Hall–Kier alpha value is -0.120. The molecule has 3 atom stereocenters. The smallest absolute Gasteiger partial charge is 0.160 e. The van der Waals surface area contributed by atoms with Crippen molar-refractivity contribution in [1.82, 2.24) is 0 Å². The molecule has 11 heavy (non-hydrogen) atoms. The number of hydrogen-bond acceptors (Lipinski definition) is 3. The first-order valence-corrected chi connectivity index (χ1v) is 4.07. The van der Waals surface area contributed by atoms with Crippen molar-refractivity contribution in [2.45, 2.75) is 32.2 Å². The normalized spacial score (nSPS) is 39.0. The van der Waals surface area contributed by atoms with Gasteiger partial charge >= 0.3 is 0 Å². The van der Waals surface area contributed by atoms with Crippen molar-refractivity contribution in [2.75, 3.05) is 13.7 Å². The molecule has 1 aliphatic heterocycles. The van der Waals surface area contributed by atoms with Gasteiger partial charge in [-0.25, -0.2) is 0 Å². The molecule has 0 spiro atoms. The largest absolute Gasteiger partial charge is 0.394 e. The molecular weight excluding hydrogens is 144 g/mol. The molecule has 3 heteroatoms. The molecule has 0 aromatic heterocycles. The summed E-state index contributed by atoms with van der Waals surface area (Å²) in [6, 6.07) is 0. The average molecular weight is 160 g/mol. The van der Waals surface area contributed by atoms with Gasteiger partial charge in [-0.1, -0.05) is 6.92 Å². The third kappa shape index (κ3) is 2.15. The Bertz CT molecular complexity index is 116. The van der Waals surface area contributed by atoms with Crippen LogP contribution >= 0.6 is 0 Å². The molecule has 0 aromatic rings. The summed E-state index contributed by atoms with van der Waals surface area (Å²) >= 11 is 0. The summed E-state index contributed by atoms with van der Waals surface area (Å²) in [5.74, 6) is 0.447. The summed E-state index contributed by atoms with van der Waals surface area (Å²) in [6.45, 7) is 2.20. The van der Waals surface area contributed by atoms with Gasteiger partial charge in [-0.05, 0) is 12.8 Å². The van der Waals surface area contributed by atoms with E-state index in [4.69, 9.17) is 14.6 Å². The van der Waals surface area contributed by atoms with E-state index in [0.717, 1.165) is 12.8 Å². The van der Waals surface area contributed by atoms with Crippen LogP contribution in [0.5, 0.6) is 0 Å². The van der Waals surface area contributed by atoms with Gasteiger partial charge in [0.25, 0.3) is 0 Å². The van der Waals surface area contributed by atoms with Gasteiger partial charge in [0.1, 0.15) is 0 Å². The predicted molar refractivity (Wildman–Crippen MR) is 41.2 cm³/mol. The van der Waals surface area contributed by atoms with E-state index >= 15 is 0 Å². The molecule has 0 saturated carbocycles. The lowest BCUT2D eigenvalue weighted by Gasteiger charge is -2.32. The summed E-state index contributed by atoms with van der Waals surface area (Å²) in [5.41, 5.74) is 0. The van der Waals surface area contributed by atoms with E-state index in [1.54, 1.807) is 7.11 Å². The summed E-state index contributed by atoms with van der Waals surface area (Å²) in [5, 5.41) is 8.81. The standard InChI is InChI=1S/C8H16O3/c1-6-3-4-7(5-9)11-8(6)10-2/h6-9H,3-5H2,1-2H3. The third-order valence-corrected chi connectivity index (χ3v) is 2.17. The zero-order valence-electron chi connectivity index (χ0n) is 7.12. The maximum Gasteiger partial charge on any atom is 0.160 e. The number of methoxy groups -OCH3 is 1. The lowest BCUT2D eigenvalue weighted by atomic mass is 9.99. The van der Waals surface area contributed by atoms with Crippen LogP contribution in [0.1, 0.15) is 19.8 Å². The molecule has 0 radical (unpaired) electrons. The first kappa shape index (κ1) is 8.97. The highest BCUT2D eigenvalue weighted by Gasteiger charge is 2.27. The highest BCUT2D eigenvalue weighted by molar-refractivity contribution is 4.70. The van der Waals surface area contributed by atoms with Crippen molar-refractivity contribution < 1.29 is 14.6 Å². The Morgan fingerprint density at radius 2 is 2.27 bits per heavy atom. The Morgan fingerprint density at radius 3 is 2.82 bits per heavy atom. The number of rotatable bonds is 2. The maximum atomic E-state index is 8.81. The first-order chi connectivity index (χ1) is 5.27. The van der Waals surface area contributed by atoms with Crippen LogP contribution in [-0.4, -0.2) is 31.2 Å². The van der Waals surface area contributed by atoms with Gasteiger partial charge in [-0.3, -0.25) is 0 Å². The number of aliphatic hydroxyl groups excluding tert-OH is 1. The minimum atomic E-state index is -0.124. The molecular formula is C8H16O3. The van der Waals surface area contributed by atoms with Crippen LogP contribution in [0, 0.1) is 5.92 Å². The number of ether oxygens (including phenoxy) is 2. The topological polar surface area (TPSA) is 38.7 Å². The van der Waals surface area contributed by atoms with E-state index in [1.807, 2.05) is 0 Å². The Labute approximate surface area is 67.3 Å². The van der Waals surface area contributed by atoms with Crippen molar-refractivity contribution in [3.05, 3.63) is 0 Å². The van der Waals surface area contributed by atoms with E-state index in [1.165, 1.54) is 0 Å². The van der Waals surface area contributed by atoms with Crippen molar-refractivity contribution in [3.8, 4) is 0 Å². The molecule has 0 bridgehead atoms. The van der Waals surface area contributed by atoms with Gasteiger partial charge in [-0.15, -0.1) is 0 Å². The van der Waals surface area contributed by atoms with E-state index in [-0.39, 0.29) is 19.0 Å². The minimum absolute atomic E-state index is 0.0175. The molecule has 1 aliphatic rings. The van der Waals surface area contributed by atoms with Crippen LogP contribution in [-0.2, 0) is 9.47 Å². The van der Waals surface area contributed by atoms with Gasteiger partial charge < -0.3 is 14.6 Å². The van der Waals surface area contributed by atoms with Crippen LogP contribution in [0.15, 0.2) is 0 Å². The van der Waals surface area contributed by atoms with Crippen LogP contribution in [0.2, 0.25) is 0 Å². The fraction of sp³-hybridized carbons (Fsp3) is 1.00. The van der Waals surface area contributed by atoms with Crippen LogP contribution in [0.3, 0.4) is 0 Å². The minimum Gasteiger partial charge on any atom is -0.394 e. The van der Waals surface area contributed by atoms with E-state index in [2.05, 4.69) is 6.92 Å². The monoisotopic (exact) mass is 160 g/mol. The number of hydrogen-bond donors (Lipinski definition) is 1. The van der Waals surface area contributed by atoms with E-state index < -0.39 is 0 Å². The second kappa shape index (κ2) is 4.04. The summed E-state index contributed by atoms with van der Waals surface area (Å²) in [7, 11) is 1.64. The highest BCUT2D eigenvalue weighted by Crippen LogP contribution is 2.24. The Morgan fingerprint density at radius 1 is 1.55 bits per heavy atom. The first-order valence-electron chi connectivity index (χ1n) is 4.07. The van der Waals surface area contributed by atoms with Gasteiger partial charge in [0.05, 0.1) is 12.7 Å². The summed E-state index contributed by atoms with van der Waals surface area (Å²) in [4.78, 5) is 0. The third-order valence-electron chi connectivity index (χ3n) is 2.17. The molecule has 1 heterocycles. The van der Waals surface area contributed by atoms with Crippen LogP contribution in [0.4, 0.5) is 0 Å².